The van der Waals surface area contributed by atoms with E-state index >= 15 is 0 Å². The first-order valence-corrected chi connectivity index (χ1v) is 7.19. The van der Waals surface area contributed by atoms with Crippen molar-refractivity contribution in [3.05, 3.63) is 53.1 Å². The van der Waals surface area contributed by atoms with Crippen LogP contribution in [-0.2, 0) is 0 Å². The molecule has 23 heavy (non-hydrogen) atoms. The molecule has 7 heteroatoms. The standard InChI is InChI=1S/C16H17ClN4O2/c1-21(2)14-8-5-11(17)9-13(14)20-15(22)10-3-6-12(7-4-10)19-16(18)23/h3-9H,1-2H3,(H,20,22)(H3,18,19,23). The van der Waals surface area contributed by atoms with Crippen molar-refractivity contribution in [2.75, 3.05) is 29.6 Å². The summed E-state index contributed by atoms with van der Waals surface area (Å²) in [6, 6.07) is 11.0. The van der Waals surface area contributed by atoms with Gasteiger partial charge in [0.25, 0.3) is 5.91 Å². The topological polar surface area (TPSA) is 87.5 Å². The summed E-state index contributed by atoms with van der Waals surface area (Å²) in [6.07, 6.45) is 0. The fraction of sp³-hybridized carbons (Fsp3) is 0.125. The number of primary amides is 1. The molecule has 0 aliphatic rings. The zero-order valence-corrected chi connectivity index (χ0v) is 13.5. The maximum absolute atomic E-state index is 12.3. The molecule has 0 unspecified atom stereocenters. The fourth-order valence-electron chi connectivity index (χ4n) is 2.04. The third-order valence-electron chi connectivity index (χ3n) is 3.10. The number of halogens is 1. The average molecular weight is 333 g/mol. The second-order valence-electron chi connectivity index (χ2n) is 5.08. The van der Waals surface area contributed by atoms with E-state index in [0.717, 1.165) is 5.69 Å². The molecule has 6 nitrogen and oxygen atoms in total. The minimum Gasteiger partial charge on any atom is -0.376 e. The molecular formula is C16H17ClN4O2. The molecule has 0 radical (unpaired) electrons. The number of hydrogen-bond acceptors (Lipinski definition) is 3. The summed E-state index contributed by atoms with van der Waals surface area (Å²) in [5.41, 5.74) is 7.47. The second-order valence-corrected chi connectivity index (χ2v) is 5.51. The minimum atomic E-state index is -0.656. The smallest absolute Gasteiger partial charge is 0.316 e. The lowest BCUT2D eigenvalue weighted by atomic mass is 10.1. The van der Waals surface area contributed by atoms with E-state index in [1.165, 1.54) is 0 Å². The zero-order chi connectivity index (χ0) is 17.0. The van der Waals surface area contributed by atoms with E-state index < -0.39 is 6.03 Å². The van der Waals surface area contributed by atoms with Gasteiger partial charge in [-0.1, -0.05) is 11.6 Å². The molecule has 3 amide bonds. The number of nitrogens with one attached hydrogen (secondary N) is 2. The number of hydrogen-bond donors (Lipinski definition) is 3. The number of nitrogens with two attached hydrogens (primary N) is 1. The van der Waals surface area contributed by atoms with Crippen LogP contribution in [0, 0.1) is 0 Å². The molecule has 2 rings (SSSR count). The molecule has 0 fully saturated rings. The molecule has 0 atom stereocenters. The van der Waals surface area contributed by atoms with Crippen LogP contribution in [-0.4, -0.2) is 26.0 Å². The van der Waals surface area contributed by atoms with Crippen LogP contribution < -0.4 is 21.3 Å². The average Bonchev–Trinajstić information content (AvgIpc) is 2.47. The van der Waals surface area contributed by atoms with Crippen LogP contribution in [0.1, 0.15) is 10.4 Å². The number of carbonyl (C=O) groups is 2. The van der Waals surface area contributed by atoms with Crippen molar-refractivity contribution in [3.8, 4) is 0 Å². The first-order chi connectivity index (χ1) is 10.9. The van der Waals surface area contributed by atoms with Gasteiger partial charge in [-0.05, 0) is 42.5 Å². The molecule has 0 aliphatic heterocycles. The van der Waals surface area contributed by atoms with Gasteiger partial charge in [-0.2, -0.15) is 0 Å². The molecule has 2 aromatic carbocycles. The Labute approximate surface area is 139 Å². The van der Waals surface area contributed by atoms with Gasteiger partial charge in [0.05, 0.1) is 11.4 Å². The zero-order valence-electron chi connectivity index (χ0n) is 12.8. The van der Waals surface area contributed by atoms with E-state index in [-0.39, 0.29) is 5.91 Å². The third-order valence-corrected chi connectivity index (χ3v) is 3.34. The lowest BCUT2D eigenvalue weighted by Crippen LogP contribution is -2.19. The molecule has 0 aliphatic carbocycles. The van der Waals surface area contributed by atoms with Crippen molar-refractivity contribution in [2.24, 2.45) is 5.73 Å². The van der Waals surface area contributed by atoms with E-state index in [1.807, 2.05) is 25.1 Å². The van der Waals surface area contributed by atoms with Crippen LogP contribution in [0.2, 0.25) is 5.02 Å². The highest BCUT2D eigenvalue weighted by Gasteiger charge is 2.11. The molecule has 0 saturated heterocycles. The highest BCUT2D eigenvalue weighted by Crippen LogP contribution is 2.28. The van der Waals surface area contributed by atoms with Crippen molar-refractivity contribution in [1.82, 2.24) is 0 Å². The minimum absolute atomic E-state index is 0.277. The van der Waals surface area contributed by atoms with Crippen LogP contribution >= 0.6 is 11.6 Å². The molecule has 0 spiro atoms. The van der Waals surface area contributed by atoms with Gasteiger partial charge >= 0.3 is 6.03 Å². The Morgan fingerprint density at radius 1 is 1.04 bits per heavy atom. The second kappa shape index (κ2) is 7.02. The normalized spacial score (nSPS) is 10.0. The Morgan fingerprint density at radius 3 is 2.26 bits per heavy atom. The first-order valence-electron chi connectivity index (χ1n) is 6.81. The van der Waals surface area contributed by atoms with E-state index in [2.05, 4.69) is 10.6 Å². The van der Waals surface area contributed by atoms with Gasteiger partial charge < -0.3 is 21.3 Å². The Morgan fingerprint density at radius 2 is 1.70 bits per heavy atom. The molecular weight excluding hydrogens is 316 g/mol. The Bertz CT molecular complexity index is 729. The Kier molecular flexibility index (Phi) is 5.08. The molecule has 2 aromatic rings. The highest BCUT2D eigenvalue weighted by molar-refractivity contribution is 6.31. The number of benzene rings is 2. The first kappa shape index (κ1) is 16.6. The van der Waals surface area contributed by atoms with Gasteiger partial charge in [-0.15, -0.1) is 0 Å². The van der Waals surface area contributed by atoms with Gasteiger partial charge in [-0.3, -0.25) is 4.79 Å². The van der Waals surface area contributed by atoms with Crippen molar-refractivity contribution in [1.29, 1.82) is 0 Å². The van der Waals surface area contributed by atoms with Gasteiger partial charge in [-0.25, -0.2) is 4.79 Å². The molecule has 0 aromatic heterocycles. The maximum Gasteiger partial charge on any atom is 0.316 e. The third kappa shape index (κ3) is 4.37. The molecule has 4 N–H and O–H groups in total. The fourth-order valence-corrected chi connectivity index (χ4v) is 2.21. The lowest BCUT2D eigenvalue weighted by Gasteiger charge is -2.18. The van der Waals surface area contributed by atoms with E-state index in [4.69, 9.17) is 17.3 Å². The van der Waals surface area contributed by atoms with Gasteiger partial charge in [0.2, 0.25) is 0 Å². The summed E-state index contributed by atoms with van der Waals surface area (Å²) in [6.45, 7) is 0. The molecule has 0 saturated carbocycles. The highest BCUT2D eigenvalue weighted by atomic mass is 35.5. The number of carbonyl (C=O) groups excluding carboxylic acids is 2. The molecule has 120 valence electrons. The van der Waals surface area contributed by atoms with Crippen molar-refractivity contribution >= 4 is 40.6 Å². The van der Waals surface area contributed by atoms with Crippen molar-refractivity contribution in [2.45, 2.75) is 0 Å². The van der Waals surface area contributed by atoms with Crippen LogP contribution in [0.5, 0.6) is 0 Å². The molecule has 0 heterocycles. The predicted molar refractivity (Wildman–Crippen MR) is 93.4 cm³/mol. The van der Waals surface area contributed by atoms with E-state index in [9.17, 15) is 9.59 Å². The number of urea groups is 1. The number of anilines is 3. The number of amides is 3. The van der Waals surface area contributed by atoms with Crippen LogP contribution in [0.15, 0.2) is 42.5 Å². The largest absolute Gasteiger partial charge is 0.376 e. The molecule has 0 bridgehead atoms. The number of rotatable bonds is 4. The van der Waals surface area contributed by atoms with Gasteiger partial charge in [0.15, 0.2) is 0 Å². The van der Waals surface area contributed by atoms with E-state index in [1.54, 1.807) is 36.4 Å². The summed E-state index contributed by atoms with van der Waals surface area (Å²) in [4.78, 5) is 25.0. The summed E-state index contributed by atoms with van der Waals surface area (Å²) >= 11 is 6.00. The van der Waals surface area contributed by atoms with Gasteiger partial charge in [0.1, 0.15) is 0 Å². The van der Waals surface area contributed by atoms with Gasteiger partial charge in [0, 0.05) is 30.4 Å². The summed E-state index contributed by atoms with van der Waals surface area (Å²) in [7, 11) is 3.76. The van der Waals surface area contributed by atoms with Crippen molar-refractivity contribution in [3.63, 3.8) is 0 Å². The summed E-state index contributed by atoms with van der Waals surface area (Å²) in [5.74, 6) is -0.277. The van der Waals surface area contributed by atoms with Crippen LogP contribution in [0.25, 0.3) is 0 Å². The number of nitrogens with zero attached hydrogens (tertiary/aromatic N) is 1. The van der Waals surface area contributed by atoms with Crippen LogP contribution in [0.3, 0.4) is 0 Å². The monoisotopic (exact) mass is 332 g/mol. The predicted octanol–water partition coefficient (Wildman–Crippen LogP) is 3.15. The quantitative estimate of drug-likeness (QED) is 0.803. The maximum atomic E-state index is 12.3. The Hall–Kier alpha value is -2.73. The van der Waals surface area contributed by atoms with Crippen LogP contribution in [0.4, 0.5) is 21.9 Å². The summed E-state index contributed by atoms with van der Waals surface area (Å²) in [5, 5.41) is 5.80. The Balaban J connectivity index is 2.19. The SMILES string of the molecule is CN(C)c1ccc(Cl)cc1NC(=O)c1ccc(NC(N)=O)cc1. The lowest BCUT2D eigenvalue weighted by molar-refractivity contribution is 0.102. The van der Waals surface area contributed by atoms with Crippen molar-refractivity contribution < 1.29 is 9.59 Å². The van der Waals surface area contributed by atoms with E-state index in [0.29, 0.717) is 22.0 Å². The summed E-state index contributed by atoms with van der Waals surface area (Å²) < 4.78 is 0.